The normalized spacial score (nSPS) is 16.0. The standard InChI is InChI=1S/C25H26N4O2/c1-18-21(24(30)27-16-19-10-4-2-5-11-19)17-26-23(28-18)22-14-8-9-15-29(22)25(31)20-12-6-3-7-13-20/h2-7,10-13,17,22H,8-9,14-16H2,1H3,(H,27,30)/t22-/m0/s1. The zero-order valence-corrected chi connectivity index (χ0v) is 17.6. The average Bonchev–Trinajstić information content (AvgIpc) is 2.83. The quantitative estimate of drug-likeness (QED) is 0.683. The molecule has 1 saturated heterocycles. The number of aryl methyl sites for hydroxylation is 1. The van der Waals surface area contributed by atoms with Crippen LogP contribution in [0.1, 0.15) is 63.1 Å². The molecule has 1 atom stereocenters. The van der Waals surface area contributed by atoms with Gasteiger partial charge >= 0.3 is 0 Å². The van der Waals surface area contributed by atoms with Crippen LogP contribution >= 0.6 is 0 Å². The zero-order valence-electron chi connectivity index (χ0n) is 17.6. The number of carbonyl (C=O) groups excluding carboxylic acids is 2. The maximum Gasteiger partial charge on any atom is 0.254 e. The van der Waals surface area contributed by atoms with Crippen molar-refractivity contribution in [1.82, 2.24) is 20.2 Å². The number of piperidine rings is 1. The van der Waals surface area contributed by atoms with Crippen molar-refractivity contribution in [2.75, 3.05) is 6.54 Å². The van der Waals surface area contributed by atoms with Crippen LogP contribution in [0.3, 0.4) is 0 Å². The number of rotatable bonds is 5. The molecule has 2 amide bonds. The smallest absolute Gasteiger partial charge is 0.254 e. The Bertz CT molecular complexity index is 1050. The average molecular weight is 415 g/mol. The lowest BCUT2D eigenvalue weighted by Gasteiger charge is -2.35. The molecular weight excluding hydrogens is 388 g/mol. The van der Waals surface area contributed by atoms with E-state index in [1.807, 2.05) is 72.5 Å². The molecule has 158 valence electrons. The number of benzene rings is 2. The van der Waals surface area contributed by atoms with Crippen molar-refractivity contribution in [2.45, 2.75) is 38.8 Å². The number of carbonyl (C=O) groups is 2. The van der Waals surface area contributed by atoms with E-state index < -0.39 is 0 Å². The summed E-state index contributed by atoms with van der Waals surface area (Å²) in [7, 11) is 0. The Morgan fingerprint density at radius 2 is 1.74 bits per heavy atom. The molecule has 31 heavy (non-hydrogen) atoms. The fourth-order valence-electron chi connectivity index (χ4n) is 3.93. The van der Waals surface area contributed by atoms with Crippen molar-refractivity contribution in [3.05, 3.63) is 95.1 Å². The minimum atomic E-state index is -0.200. The van der Waals surface area contributed by atoms with Crippen molar-refractivity contribution in [3.8, 4) is 0 Å². The Morgan fingerprint density at radius 1 is 1.03 bits per heavy atom. The first-order chi connectivity index (χ1) is 15.1. The second-order valence-electron chi connectivity index (χ2n) is 7.77. The van der Waals surface area contributed by atoms with Gasteiger partial charge in [-0.2, -0.15) is 0 Å². The predicted octanol–water partition coefficient (Wildman–Crippen LogP) is 4.08. The van der Waals surface area contributed by atoms with Crippen molar-refractivity contribution < 1.29 is 9.59 Å². The second kappa shape index (κ2) is 9.51. The molecule has 0 radical (unpaired) electrons. The van der Waals surface area contributed by atoms with Gasteiger partial charge in [-0.1, -0.05) is 48.5 Å². The van der Waals surface area contributed by atoms with Gasteiger partial charge in [0.05, 0.1) is 17.3 Å². The van der Waals surface area contributed by atoms with Crippen LogP contribution in [0, 0.1) is 6.92 Å². The van der Waals surface area contributed by atoms with E-state index in [0.717, 1.165) is 24.8 Å². The summed E-state index contributed by atoms with van der Waals surface area (Å²) in [6.07, 6.45) is 4.38. The highest BCUT2D eigenvalue weighted by atomic mass is 16.2. The lowest BCUT2D eigenvalue weighted by atomic mass is 9.99. The van der Waals surface area contributed by atoms with Crippen molar-refractivity contribution in [2.24, 2.45) is 0 Å². The lowest BCUT2D eigenvalue weighted by Crippen LogP contribution is -2.39. The third-order valence-electron chi connectivity index (χ3n) is 5.62. The van der Waals surface area contributed by atoms with Gasteiger partial charge in [0.2, 0.25) is 0 Å². The Morgan fingerprint density at radius 3 is 2.45 bits per heavy atom. The molecule has 0 spiro atoms. The molecule has 1 fully saturated rings. The number of hydrogen-bond acceptors (Lipinski definition) is 4. The summed E-state index contributed by atoms with van der Waals surface area (Å²) >= 11 is 0. The molecule has 1 N–H and O–H groups in total. The van der Waals surface area contributed by atoms with Crippen LogP contribution < -0.4 is 5.32 Å². The van der Waals surface area contributed by atoms with E-state index in [2.05, 4.69) is 15.3 Å². The first-order valence-corrected chi connectivity index (χ1v) is 10.6. The van der Waals surface area contributed by atoms with E-state index in [0.29, 0.717) is 35.7 Å². The van der Waals surface area contributed by atoms with Gasteiger partial charge in [0.25, 0.3) is 11.8 Å². The molecule has 2 aromatic carbocycles. The Labute approximate surface area is 182 Å². The molecule has 0 unspecified atom stereocenters. The lowest BCUT2D eigenvalue weighted by molar-refractivity contribution is 0.0599. The number of nitrogens with zero attached hydrogens (tertiary/aromatic N) is 3. The van der Waals surface area contributed by atoms with Crippen LogP contribution in [0.25, 0.3) is 0 Å². The Hall–Kier alpha value is -3.54. The molecule has 1 aliphatic heterocycles. The molecular formula is C25H26N4O2. The number of hydrogen-bond donors (Lipinski definition) is 1. The van der Waals surface area contributed by atoms with E-state index in [1.165, 1.54) is 0 Å². The van der Waals surface area contributed by atoms with Gasteiger partial charge in [-0.25, -0.2) is 9.97 Å². The molecule has 0 bridgehead atoms. The van der Waals surface area contributed by atoms with Crippen molar-refractivity contribution in [1.29, 1.82) is 0 Å². The number of likely N-dealkylation sites (tertiary alicyclic amines) is 1. The summed E-state index contributed by atoms with van der Waals surface area (Å²) in [5.74, 6) is 0.395. The zero-order chi connectivity index (χ0) is 21.6. The Kier molecular flexibility index (Phi) is 6.36. The number of nitrogens with one attached hydrogen (secondary N) is 1. The number of amides is 2. The molecule has 1 aliphatic rings. The van der Waals surface area contributed by atoms with Crippen LogP contribution in [0.5, 0.6) is 0 Å². The maximum absolute atomic E-state index is 13.1. The summed E-state index contributed by atoms with van der Waals surface area (Å²) in [5, 5.41) is 2.92. The molecule has 0 saturated carbocycles. The highest BCUT2D eigenvalue weighted by Crippen LogP contribution is 2.30. The summed E-state index contributed by atoms with van der Waals surface area (Å²) in [4.78, 5) is 36.7. The van der Waals surface area contributed by atoms with Crippen molar-refractivity contribution in [3.63, 3.8) is 0 Å². The highest BCUT2D eigenvalue weighted by molar-refractivity contribution is 5.95. The van der Waals surface area contributed by atoms with Gasteiger partial charge in [-0.3, -0.25) is 9.59 Å². The minimum Gasteiger partial charge on any atom is -0.348 e. The second-order valence-corrected chi connectivity index (χ2v) is 7.77. The van der Waals surface area contributed by atoms with Gasteiger partial charge in [0, 0.05) is 24.8 Å². The van der Waals surface area contributed by atoms with Crippen molar-refractivity contribution >= 4 is 11.8 Å². The molecule has 2 heterocycles. The predicted molar refractivity (Wildman–Crippen MR) is 118 cm³/mol. The van der Waals surface area contributed by atoms with Crippen LogP contribution in [-0.4, -0.2) is 33.2 Å². The molecule has 6 heteroatoms. The van der Waals surface area contributed by atoms with Crippen LogP contribution in [0.15, 0.2) is 66.9 Å². The molecule has 4 rings (SSSR count). The van der Waals surface area contributed by atoms with E-state index in [-0.39, 0.29) is 17.9 Å². The van der Waals surface area contributed by atoms with Gasteiger partial charge in [0.1, 0.15) is 0 Å². The third kappa shape index (κ3) is 4.79. The summed E-state index contributed by atoms with van der Waals surface area (Å²) < 4.78 is 0. The van der Waals surface area contributed by atoms with Gasteiger partial charge < -0.3 is 10.2 Å². The fraction of sp³-hybridized carbons (Fsp3) is 0.280. The molecule has 1 aromatic heterocycles. The maximum atomic E-state index is 13.1. The summed E-state index contributed by atoms with van der Waals surface area (Å²) in [6, 6.07) is 18.9. The topological polar surface area (TPSA) is 75.2 Å². The van der Waals surface area contributed by atoms with Gasteiger partial charge in [0.15, 0.2) is 5.82 Å². The van der Waals surface area contributed by atoms with E-state index >= 15 is 0 Å². The van der Waals surface area contributed by atoms with Crippen LogP contribution in [0.4, 0.5) is 0 Å². The first kappa shape index (κ1) is 20.7. The fourth-order valence-corrected chi connectivity index (χ4v) is 3.93. The SMILES string of the molecule is Cc1nc([C@@H]2CCCCN2C(=O)c2ccccc2)ncc1C(=O)NCc1ccccc1. The van der Waals surface area contributed by atoms with E-state index in [1.54, 1.807) is 6.20 Å². The summed E-state index contributed by atoms with van der Waals surface area (Å²) in [5.41, 5.74) is 2.77. The van der Waals surface area contributed by atoms with E-state index in [9.17, 15) is 9.59 Å². The monoisotopic (exact) mass is 414 g/mol. The highest BCUT2D eigenvalue weighted by Gasteiger charge is 2.31. The largest absolute Gasteiger partial charge is 0.348 e. The van der Waals surface area contributed by atoms with Gasteiger partial charge in [-0.15, -0.1) is 0 Å². The minimum absolute atomic E-state index is 0.00349. The molecule has 0 aliphatic carbocycles. The third-order valence-corrected chi connectivity index (χ3v) is 5.62. The number of aromatic nitrogens is 2. The molecule has 3 aromatic rings. The summed E-state index contributed by atoms with van der Waals surface area (Å²) in [6.45, 7) is 2.94. The van der Waals surface area contributed by atoms with Crippen LogP contribution in [0.2, 0.25) is 0 Å². The van der Waals surface area contributed by atoms with Crippen LogP contribution in [-0.2, 0) is 6.54 Å². The Balaban J connectivity index is 1.50. The van der Waals surface area contributed by atoms with Gasteiger partial charge in [-0.05, 0) is 43.9 Å². The first-order valence-electron chi connectivity index (χ1n) is 10.6. The van der Waals surface area contributed by atoms with E-state index in [4.69, 9.17) is 0 Å². The molecule has 6 nitrogen and oxygen atoms in total.